The molecule has 0 saturated carbocycles. The SMILES string of the molecule is CN1CCN(C)C2(CCN(Cc3cccs3)CC2)C1=O. The molecule has 0 aromatic carbocycles. The fraction of sp³-hybridized carbons (Fsp3) is 0.667. The number of hydrogen-bond acceptors (Lipinski definition) is 4. The van der Waals surface area contributed by atoms with E-state index in [-0.39, 0.29) is 5.54 Å². The smallest absolute Gasteiger partial charge is 0.242 e. The van der Waals surface area contributed by atoms with Gasteiger partial charge < -0.3 is 4.90 Å². The van der Waals surface area contributed by atoms with Gasteiger partial charge in [-0.05, 0) is 31.3 Å². The van der Waals surface area contributed by atoms with Gasteiger partial charge >= 0.3 is 0 Å². The van der Waals surface area contributed by atoms with Gasteiger partial charge in [-0.15, -0.1) is 11.3 Å². The van der Waals surface area contributed by atoms with Crippen molar-refractivity contribution in [3.8, 4) is 0 Å². The van der Waals surface area contributed by atoms with Crippen LogP contribution in [-0.2, 0) is 11.3 Å². The first kappa shape index (κ1) is 14.0. The Bertz CT molecular complexity index is 465. The normalized spacial score (nSPS) is 24.5. The summed E-state index contributed by atoms with van der Waals surface area (Å²) in [5, 5.41) is 2.13. The Morgan fingerprint density at radius 3 is 2.60 bits per heavy atom. The summed E-state index contributed by atoms with van der Waals surface area (Å²) in [6.07, 6.45) is 1.91. The van der Waals surface area contributed by atoms with Gasteiger partial charge in [0.15, 0.2) is 0 Å². The molecule has 0 radical (unpaired) electrons. The largest absolute Gasteiger partial charge is 0.343 e. The fourth-order valence-electron chi connectivity index (χ4n) is 3.43. The average Bonchev–Trinajstić information content (AvgIpc) is 2.96. The molecule has 0 bridgehead atoms. The Labute approximate surface area is 125 Å². The van der Waals surface area contributed by atoms with Gasteiger partial charge in [-0.25, -0.2) is 0 Å². The van der Waals surface area contributed by atoms with Crippen LogP contribution in [0.2, 0.25) is 0 Å². The van der Waals surface area contributed by atoms with Crippen LogP contribution in [0.4, 0.5) is 0 Å². The number of rotatable bonds is 2. The van der Waals surface area contributed by atoms with Gasteiger partial charge in [0.05, 0.1) is 0 Å². The Hall–Kier alpha value is -0.910. The molecule has 2 fully saturated rings. The van der Waals surface area contributed by atoms with Crippen LogP contribution in [0.1, 0.15) is 17.7 Å². The second kappa shape index (κ2) is 5.47. The molecule has 110 valence electrons. The summed E-state index contributed by atoms with van der Waals surface area (Å²) < 4.78 is 0. The number of likely N-dealkylation sites (N-methyl/N-ethyl adjacent to an activating group) is 2. The molecule has 2 aliphatic heterocycles. The molecule has 2 aliphatic rings. The molecular formula is C15H23N3OS. The minimum absolute atomic E-state index is 0.237. The monoisotopic (exact) mass is 293 g/mol. The molecule has 3 rings (SSSR count). The topological polar surface area (TPSA) is 26.8 Å². The third-order valence-electron chi connectivity index (χ3n) is 4.89. The van der Waals surface area contributed by atoms with Gasteiger partial charge in [0.25, 0.3) is 0 Å². The second-order valence-electron chi connectivity index (χ2n) is 6.04. The number of carbonyl (C=O) groups is 1. The molecule has 4 nitrogen and oxygen atoms in total. The van der Waals surface area contributed by atoms with Gasteiger partial charge in [-0.1, -0.05) is 6.07 Å². The maximum atomic E-state index is 12.6. The Kier molecular flexibility index (Phi) is 3.84. The Morgan fingerprint density at radius 2 is 1.95 bits per heavy atom. The summed E-state index contributed by atoms with van der Waals surface area (Å²) in [6, 6.07) is 4.31. The fourth-order valence-corrected chi connectivity index (χ4v) is 4.18. The quantitative estimate of drug-likeness (QED) is 0.826. The van der Waals surface area contributed by atoms with E-state index in [2.05, 4.69) is 34.4 Å². The van der Waals surface area contributed by atoms with Gasteiger partial charge in [0.2, 0.25) is 5.91 Å². The van der Waals surface area contributed by atoms with E-state index < -0.39 is 0 Å². The summed E-state index contributed by atoms with van der Waals surface area (Å²) in [6.45, 7) is 4.91. The first-order valence-corrected chi connectivity index (χ1v) is 8.21. The molecule has 20 heavy (non-hydrogen) atoms. The van der Waals surface area contributed by atoms with Crippen LogP contribution in [0.25, 0.3) is 0 Å². The summed E-state index contributed by atoms with van der Waals surface area (Å²) in [7, 11) is 4.05. The van der Waals surface area contributed by atoms with Crippen molar-refractivity contribution >= 4 is 17.2 Å². The van der Waals surface area contributed by atoms with E-state index in [0.29, 0.717) is 5.91 Å². The van der Waals surface area contributed by atoms with Crippen LogP contribution in [-0.4, -0.2) is 66.4 Å². The highest BCUT2D eigenvalue weighted by Crippen LogP contribution is 2.33. The zero-order chi connectivity index (χ0) is 14.2. The highest BCUT2D eigenvalue weighted by atomic mass is 32.1. The molecule has 1 aromatic heterocycles. The van der Waals surface area contributed by atoms with Gasteiger partial charge in [-0.2, -0.15) is 0 Å². The number of piperazine rings is 1. The maximum Gasteiger partial charge on any atom is 0.242 e. The minimum atomic E-state index is -0.237. The highest BCUT2D eigenvalue weighted by Gasteiger charge is 2.48. The molecule has 1 aromatic rings. The lowest BCUT2D eigenvalue weighted by Gasteiger charge is -2.50. The molecule has 1 spiro atoms. The van der Waals surface area contributed by atoms with Crippen LogP contribution in [0.3, 0.4) is 0 Å². The number of hydrogen-bond donors (Lipinski definition) is 0. The van der Waals surface area contributed by atoms with E-state index in [1.54, 1.807) is 0 Å². The van der Waals surface area contributed by atoms with E-state index in [0.717, 1.165) is 45.6 Å². The van der Waals surface area contributed by atoms with E-state index >= 15 is 0 Å². The van der Waals surface area contributed by atoms with E-state index in [1.165, 1.54) is 4.88 Å². The van der Waals surface area contributed by atoms with Crippen molar-refractivity contribution in [1.29, 1.82) is 0 Å². The number of piperidine rings is 1. The summed E-state index contributed by atoms with van der Waals surface area (Å²) in [5.74, 6) is 0.321. The third-order valence-corrected chi connectivity index (χ3v) is 5.75. The number of likely N-dealkylation sites (tertiary alicyclic amines) is 1. The molecular weight excluding hydrogens is 270 g/mol. The van der Waals surface area contributed by atoms with Crippen LogP contribution in [0.15, 0.2) is 17.5 Å². The summed E-state index contributed by atoms with van der Waals surface area (Å²) in [4.78, 5) is 20.7. The van der Waals surface area contributed by atoms with E-state index in [4.69, 9.17) is 0 Å². The van der Waals surface area contributed by atoms with Crippen molar-refractivity contribution in [2.75, 3.05) is 40.3 Å². The van der Waals surface area contributed by atoms with Crippen LogP contribution in [0, 0.1) is 0 Å². The zero-order valence-electron chi connectivity index (χ0n) is 12.3. The number of thiophene rings is 1. The average molecular weight is 293 g/mol. The van der Waals surface area contributed by atoms with Crippen LogP contribution >= 0.6 is 11.3 Å². The first-order chi connectivity index (χ1) is 9.62. The van der Waals surface area contributed by atoms with Crippen molar-refractivity contribution in [1.82, 2.24) is 14.7 Å². The third kappa shape index (κ3) is 2.38. The molecule has 1 amide bonds. The lowest BCUT2D eigenvalue weighted by Crippen LogP contribution is -2.66. The first-order valence-electron chi connectivity index (χ1n) is 7.33. The van der Waals surface area contributed by atoms with E-state index in [9.17, 15) is 4.79 Å². The van der Waals surface area contributed by atoms with Gasteiger partial charge in [-0.3, -0.25) is 14.6 Å². The molecule has 5 heteroatoms. The van der Waals surface area contributed by atoms with Gasteiger partial charge in [0.1, 0.15) is 5.54 Å². The molecule has 0 unspecified atom stereocenters. The zero-order valence-corrected chi connectivity index (χ0v) is 13.2. The van der Waals surface area contributed by atoms with E-state index in [1.807, 2.05) is 23.3 Å². The Morgan fingerprint density at radius 1 is 1.20 bits per heavy atom. The Balaban J connectivity index is 1.66. The summed E-state index contributed by atoms with van der Waals surface area (Å²) in [5.41, 5.74) is -0.237. The second-order valence-corrected chi connectivity index (χ2v) is 7.07. The molecule has 2 saturated heterocycles. The van der Waals surface area contributed by atoms with Crippen molar-refractivity contribution in [3.05, 3.63) is 22.4 Å². The standard InChI is InChI=1S/C15H23N3OS/c1-16-9-10-17(2)15(14(16)19)5-7-18(8-6-15)12-13-4-3-11-20-13/h3-4,11H,5-10,12H2,1-2H3. The predicted molar refractivity (Wildman–Crippen MR) is 81.8 cm³/mol. The van der Waals surface area contributed by atoms with Crippen LogP contribution in [0.5, 0.6) is 0 Å². The number of nitrogens with zero attached hydrogens (tertiary/aromatic N) is 3. The van der Waals surface area contributed by atoms with Crippen molar-refractivity contribution < 1.29 is 4.79 Å². The predicted octanol–water partition coefficient (Wildman–Crippen LogP) is 1.49. The molecule has 0 atom stereocenters. The van der Waals surface area contributed by atoms with Crippen molar-refractivity contribution in [2.45, 2.75) is 24.9 Å². The highest BCUT2D eigenvalue weighted by molar-refractivity contribution is 7.09. The molecule has 3 heterocycles. The lowest BCUT2D eigenvalue weighted by molar-refractivity contribution is -0.152. The van der Waals surface area contributed by atoms with Crippen molar-refractivity contribution in [3.63, 3.8) is 0 Å². The maximum absolute atomic E-state index is 12.6. The molecule has 0 aliphatic carbocycles. The number of carbonyl (C=O) groups excluding carboxylic acids is 1. The number of amides is 1. The lowest BCUT2D eigenvalue weighted by atomic mass is 9.83. The van der Waals surface area contributed by atoms with Crippen LogP contribution < -0.4 is 0 Å². The molecule has 0 N–H and O–H groups in total. The van der Waals surface area contributed by atoms with Crippen molar-refractivity contribution in [2.24, 2.45) is 0 Å². The minimum Gasteiger partial charge on any atom is -0.343 e. The van der Waals surface area contributed by atoms with Gasteiger partial charge in [0, 0.05) is 44.6 Å². The summed E-state index contributed by atoms with van der Waals surface area (Å²) >= 11 is 1.82.